The average molecular weight is 372 g/mol. The van der Waals surface area contributed by atoms with Gasteiger partial charge < -0.3 is 4.74 Å². The second-order valence-corrected chi connectivity index (χ2v) is 7.18. The molecular weight excluding hydrogens is 348 g/mol. The molecule has 0 fully saturated rings. The van der Waals surface area contributed by atoms with Gasteiger partial charge in [-0.25, -0.2) is 9.48 Å². The van der Waals surface area contributed by atoms with Gasteiger partial charge in [0.25, 0.3) is 0 Å². The predicted molar refractivity (Wildman–Crippen MR) is 112 cm³/mol. The van der Waals surface area contributed by atoms with Crippen LogP contribution in [-0.2, 0) is 11.2 Å². The number of rotatable bonds is 4. The van der Waals surface area contributed by atoms with E-state index in [1.54, 1.807) is 0 Å². The minimum Gasteiger partial charge on any atom is -0.461 e. The Bertz CT molecular complexity index is 1060. The predicted octanol–water partition coefficient (Wildman–Crippen LogP) is 5.15. The van der Waals surface area contributed by atoms with Gasteiger partial charge in [0.2, 0.25) is 0 Å². The van der Waals surface area contributed by atoms with Crippen LogP contribution in [0, 0.1) is 13.8 Å². The number of nitrogens with zero attached hydrogens (tertiary/aromatic N) is 2. The summed E-state index contributed by atoms with van der Waals surface area (Å²) in [4.78, 5) is 12.5. The Morgan fingerprint density at radius 2 is 1.93 bits per heavy atom. The summed E-state index contributed by atoms with van der Waals surface area (Å²) in [5.41, 5.74) is 8.13. The highest BCUT2D eigenvalue weighted by molar-refractivity contribution is 5.94. The van der Waals surface area contributed by atoms with Crippen molar-refractivity contribution in [2.24, 2.45) is 0 Å². The van der Waals surface area contributed by atoms with Crippen molar-refractivity contribution in [1.82, 2.24) is 9.78 Å². The van der Waals surface area contributed by atoms with Gasteiger partial charge in [-0.15, -0.1) is 0 Å². The monoisotopic (exact) mass is 372 g/mol. The van der Waals surface area contributed by atoms with Crippen molar-refractivity contribution in [3.05, 3.63) is 82.2 Å². The third kappa shape index (κ3) is 3.26. The fourth-order valence-corrected chi connectivity index (χ4v) is 3.87. The third-order valence-electron chi connectivity index (χ3n) is 5.12. The second-order valence-electron chi connectivity index (χ2n) is 7.18. The maximum absolute atomic E-state index is 12.5. The minimum atomic E-state index is -0.344. The first-order valence-electron chi connectivity index (χ1n) is 9.71. The lowest BCUT2D eigenvalue weighted by atomic mass is 10.1. The van der Waals surface area contributed by atoms with Crippen LogP contribution in [-0.4, -0.2) is 22.4 Å². The molecule has 0 unspecified atom stereocenters. The zero-order valence-electron chi connectivity index (χ0n) is 16.5. The largest absolute Gasteiger partial charge is 0.461 e. The molecule has 142 valence electrons. The molecular formula is C24H24N2O2. The number of aromatic nitrogens is 2. The Labute approximate surface area is 165 Å². The molecule has 1 aliphatic carbocycles. The molecule has 3 aromatic rings. The van der Waals surface area contributed by atoms with Gasteiger partial charge in [0, 0.05) is 5.56 Å². The molecule has 28 heavy (non-hydrogen) atoms. The molecule has 0 aliphatic heterocycles. The Kier molecular flexibility index (Phi) is 4.86. The lowest BCUT2D eigenvalue weighted by Gasteiger charge is -2.11. The van der Waals surface area contributed by atoms with E-state index in [0.717, 1.165) is 40.9 Å². The van der Waals surface area contributed by atoms with Crippen molar-refractivity contribution in [1.29, 1.82) is 0 Å². The third-order valence-corrected chi connectivity index (χ3v) is 5.12. The number of hydrogen-bond donors (Lipinski definition) is 0. The normalized spacial score (nSPS) is 14.3. The number of esters is 1. The second kappa shape index (κ2) is 7.47. The number of allylic oxidation sites excluding steroid dienone is 1. The van der Waals surface area contributed by atoms with Gasteiger partial charge in [-0.05, 0) is 62.5 Å². The maximum atomic E-state index is 12.5. The van der Waals surface area contributed by atoms with Crippen molar-refractivity contribution in [2.45, 2.75) is 33.6 Å². The maximum Gasteiger partial charge on any atom is 0.359 e. The van der Waals surface area contributed by atoms with Gasteiger partial charge in [0.05, 0.1) is 18.0 Å². The Morgan fingerprint density at radius 3 is 2.64 bits per heavy atom. The fourth-order valence-electron chi connectivity index (χ4n) is 3.87. The highest BCUT2D eigenvalue weighted by Gasteiger charge is 2.31. The summed E-state index contributed by atoms with van der Waals surface area (Å²) in [6, 6.07) is 16.6. The van der Waals surface area contributed by atoms with Gasteiger partial charge in [-0.3, -0.25) is 0 Å². The molecule has 4 heteroatoms. The van der Waals surface area contributed by atoms with Crippen LogP contribution in [0.5, 0.6) is 0 Å². The minimum absolute atomic E-state index is 0.344. The van der Waals surface area contributed by atoms with E-state index in [0.29, 0.717) is 12.3 Å². The van der Waals surface area contributed by atoms with E-state index in [2.05, 4.69) is 50.3 Å². The Hall–Kier alpha value is -3.14. The van der Waals surface area contributed by atoms with Crippen molar-refractivity contribution >= 4 is 17.6 Å². The van der Waals surface area contributed by atoms with Gasteiger partial charge in [-0.1, -0.05) is 48.0 Å². The van der Waals surface area contributed by atoms with Crippen molar-refractivity contribution in [3.63, 3.8) is 0 Å². The van der Waals surface area contributed by atoms with Crippen LogP contribution in [0.3, 0.4) is 0 Å². The highest BCUT2D eigenvalue weighted by atomic mass is 16.5. The van der Waals surface area contributed by atoms with E-state index in [-0.39, 0.29) is 5.97 Å². The van der Waals surface area contributed by atoms with Crippen LogP contribution in [0.4, 0.5) is 0 Å². The lowest BCUT2D eigenvalue weighted by Crippen LogP contribution is -2.09. The van der Waals surface area contributed by atoms with Crippen LogP contribution in [0.1, 0.15) is 51.8 Å². The first-order valence-corrected chi connectivity index (χ1v) is 9.71. The molecule has 0 bridgehead atoms. The zero-order valence-corrected chi connectivity index (χ0v) is 16.5. The highest BCUT2D eigenvalue weighted by Crippen LogP contribution is 2.38. The van der Waals surface area contributed by atoms with E-state index in [1.165, 1.54) is 11.1 Å². The standard InChI is InChI=1S/C24H24N2O2/c1-4-28-24(27)22-20-12-11-19(15-18-8-6-5-7-9-18)23(20)26(25-22)21-13-10-16(2)14-17(21)3/h5-10,13-15H,4,11-12H2,1-3H3/b19-15+. The van der Waals surface area contributed by atoms with Crippen LogP contribution in [0.15, 0.2) is 48.5 Å². The molecule has 0 amide bonds. The molecule has 0 spiro atoms. The first-order chi connectivity index (χ1) is 13.6. The molecule has 4 rings (SSSR count). The van der Waals surface area contributed by atoms with E-state index in [4.69, 9.17) is 9.84 Å². The zero-order chi connectivity index (χ0) is 19.7. The topological polar surface area (TPSA) is 44.1 Å². The molecule has 0 radical (unpaired) electrons. The van der Waals surface area contributed by atoms with E-state index in [1.807, 2.05) is 29.8 Å². The Balaban J connectivity index is 1.90. The van der Waals surface area contributed by atoms with Crippen molar-refractivity contribution in [3.8, 4) is 5.69 Å². The molecule has 0 saturated heterocycles. The molecule has 0 atom stereocenters. The number of hydrogen-bond acceptors (Lipinski definition) is 3. The van der Waals surface area contributed by atoms with Crippen LogP contribution < -0.4 is 0 Å². The van der Waals surface area contributed by atoms with Gasteiger partial charge >= 0.3 is 5.97 Å². The van der Waals surface area contributed by atoms with E-state index < -0.39 is 0 Å². The molecule has 1 heterocycles. The number of fused-ring (bicyclic) bond motifs is 1. The Morgan fingerprint density at radius 1 is 1.14 bits per heavy atom. The van der Waals surface area contributed by atoms with Crippen molar-refractivity contribution in [2.75, 3.05) is 6.61 Å². The summed E-state index contributed by atoms with van der Waals surface area (Å²) >= 11 is 0. The van der Waals surface area contributed by atoms with Crippen LogP contribution in [0.25, 0.3) is 17.3 Å². The molecule has 2 aromatic carbocycles. The van der Waals surface area contributed by atoms with E-state index in [9.17, 15) is 4.79 Å². The number of carbonyl (C=O) groups excluding carboxylic acids is 1. The van der Waals surface area contributed by atoms with Gasteiger partial charge in [0.1, 0.15) is 0 Å². The summed E-state index contributed by atoms with van der Waals surface area (Å²) in [6.45, 7) is 6.32. The first kappa shape index (κ1) is 18.2. The fraction of sp³-hybridized carbons (Fsp3) is 0.250. The average Bonchev–Trinajstić information content (AvgIpc) is 3.24. The summed E-state index contributed by atoms with van der Waals surface area (Å²) < 4.78 is 7.20. The quantitative estimate of drug-likeness (QED) is 0.595. The number of ether oxygens (including phenoxy) is 1. The molecule has 4 nitrogen and oxygen atoms in total. The molecule has 1 aliphatic rings. The number of carbonyl (C=O) groups is 1. The summed E-state index contributed by atoms with van der Waals surface area (Å²) in [6.07, 6.45) is 3.88. The van der Waals surface area contributed by atoms with Crippen LogP contribution in [0.2, 0.25) is 0 Å². The smallest absolute Gasteiger partial charge is 0.359 e. The molecule has 0 N–H and O–H groups in total. The van der Waals surface area contributed by atoms with Crippen molar-refractivity contribution < 1.29 is 9.53 Å². The van der Waals surface area contributed by atoms with Crippen LogP contribution >= 0.6 is 0 Å². The SMILES string of the molecule is CCOC(=O)c1nn(-c2ccc(C)cc2C)c2c1CC/C2=C\c1ccccc1. The van der Waals surface area contributed by atoms with E-state index >= 15 is 0 Å². The summed E-state index contributed by atoms with van der Waals surface area (Å²) in [7, 11) is 0. The number of aryl methyl sites for hydroxylation is 2. The summed E-state index contributed by atoms with van der Waals surface area (Å²) in [5.74, 6) is -0.344. The molecule has 1 aromatic heterocycles. The van der Waals surface area contributed by atoms with Gasteiger partial charge in [0.15, 0.2) is 5.69 Å². The lowest BCUT2D eigenvalue weighted by molar-refractivity contribution is 0.0517. The summed E-state index contributed by atoms with van der Waals surface area (Å²) in [5, 5.41) is 4.70. The van der Waals surface area contributed by atoms with Gasteiger partial charge in [-0.2, -0.15) is 5.10 Å². The molecule has 0 saturated carbocycles. The number of benzene rings is 2.